The average Bonchev–Trinajstić information content (AvgIpc) is 2.86. The molecule has 1 aliphatic heterocycles. The van der Waals surface area contributed by atoms with Crippen LogP contribution < -0.4 is 5.73 Å². The van der Waals surface area contributed by atoms with Gasteiger partial charge in [-0.25, -0.2) is 0 Å². The lowest BCUT2D eigenvalue weighted by molar-refractivity contribution is -0.132. The van der Waals surface area contributed by atoms with Crippen molar-refractivity contribution in [2.75, 3.05) is 26.7 Å². The van der Waals surface area contributed by atoms with Crippen molar-refractivity contribution < 1.29 is 4.79 Å². The van der Waals surface area contributed by atoms with Gasteiger partial charge in [-0.15, -0.1) is 11.3 Å². The molecule has 2 N–H and O–H groups in total. The first-order valence-electron chi connectivity index (χ1n) is 7.13. The highest BCUT2D eigenvalue weighted by Crippen LogP contribution is 2.27. The second-order valence-electron chi connectivity index (χ2n) is 6.42. The summed E-state index contributed by atoms with van der Waals surface area (Å²) in [7, 11) is 1.88. The van der Waals surface area contributed by atoms with E-state index >= 15 is 0 Å². The van der Waals surface area contributed by atoms with Crippen LogP contribution in [0.4, 0.5) is 0 Å². The number of nitrogens with zero attached hydrogens (tertiary/aromatic N) is 2. The molecule has 1 aromatic rings. The summed E-state index contributed by atoms with van der Waals surface area (Å²) in [5, 5.41) is 2.04. The van der Waals surface area contributed by atoms with Gasteiger partial charge >= 0.3 is 0 Å². The fourth-order valence-electron chi connectivity index (χ4n) is 2.66. The number of piperidine rings is 1. The maximum atomic E-state index is 12.3. The molecular formula is C15H25N3OS. The van der Waals surface area contributed by atoms with Crippen LogP contribution in [0, 0.1) is 5.41 Å². The minimum atomic E-state index is 0.0881. The highest BCUT2D eigenvalue weighted by Gasteiger charge is 2.34. The lowest BCUT2D eigenvalue weighted by Gasteiger charge is -2.42. The van der Waals surface area contributed by atoms with Crippen LogP contribution >= 0.6 is 11.3 Å². The Balaban J connectivity index is 1.85. The number of rotatable bonds is 4. The van der Waals surface area contributed by atoms with Crippen LogP contribution in [0.5, 0.6) is 0 Å². The van der Waals surface area contributed by atoms with E-state index in [0.717, 1.165) is 19.5 Å². The Morgan fingerprint density at radius 1 is 1.60 bits per heavy atom. The van der Waals surface area contributed by atoms with Crippen LogP contribution in [0.1, 0.15) is 25.1 Å². The first-order valence-corrected chi connectivity index (χ1v) is 8.01. The molecule has 112 valence electrons. The lowest BCUT2D eigenvalue weighted by Crippen LogP contribution is -2.54. The number of amides is 1. The molecule has 1 aliphatic rings. The fraction of sp³-hybridized carbons (Fsp3) is 0.667. The van der Waals surface area contributed by atoms with Crippen molar-refractivity contribution in [3.63, 3.8) is 0 Å². The normalized spacial score (nSPS) is 22.7. The van der Waals surface area contributed by atoms with E-state index in [0.29, 0.717) is 13.1 Å². The highest BCUT2D eigenvalue weighted by atomic mass is 32.1. The number of thiophene rings is 1. The van der Waals surface area contributed by atoms with Gasteiger partial charge in [0.25, 0.3) is 0 Å². The topological polar surface area (TPSA) is 49.6 Å². The van der Waals surface area contributed by atoms with E-state index in [1.54, 1.807) is 11.3 Å². The van der Waals surface area contributed by atoms with Gasteiger partial charge in [-0.1, -0.05) is 19.9 Å². The summed E-state index contributed by atoms with van der Waals surface area (Å²) in [6, 6.07) is 4.32. The predicted molar refractivity (Wildman–Crippen MR) is 83.6 cm³/mol. The molecule has 1 aromatic heterocycles. The second kappa shape index (κ2) is 6.24. The van der Waals surface area contributed by atoms with Crippen molar-refractivity contribution in [2.45, 2.75) is 32.9 Å². The van der Waals surface area contributed by atoms with Gasteiger partial charge in [0.2, 0.25) is 5.91 Å². The molecule has 2 rings (SSSR count). The summed E-state index contributed by atoms with van der Waals surface area (Å²) in [4.78, 5) is 17.6. The molecule has 4 nitrogen and oxygen atoms in total. The average molecular weight is 295 g/mol. The number of likely N-dealkylation sites (N-methyl/N-ethyl adjacent to an activating group) is 1. The molecule has 1 fully saturated rings. The number of hydrogen-bond donors (Lipinski definition) is 1. The van der Waals surface area contributed by atoms with E-state index in [4.69, 9.17) is 5.73 Å². The first-order chi connectivity index (χ1) is 9.38. The Hall–Kier alpha value is -0.910. The quantitative estimate of drug-likeness (QED) is 0.921. The van der Waals surface area contributed by atoms with Crippen LogP contribution in [-0.4, -0.2) is 48.4 Å². The maximum absolute atomic E-state index is 12.3. The van der Waals surface area contributed by atoms with Gasteiger partial charge in [-0.3, -0.25) is 9.69 Å². The minimum absolute atomic E-state index is 0.0881. The fourth-order valence-corrected chi connectivity index (χ4v) is 3.41. The molecule has 0 spiro atoms. The van der Waals surface area contributed by atoms with Crippen LogP contribution in [0.2, 0.25) is 0 Å². The Kier molecular flexibility index (Phi) is 4.83. The molecule has 1 atom stereocenters. The standard InChI is InChI=1S/C15H25N3OS/c1-15(2)11-18(7-6-13(15)16)10-14(19)17(3)9-12-5-4-8-20-12/h4-5,8,13H,6-7,9-11,16H2,1-3H3. The molecule has 0 bridgehead atoms. The van der Waals surface area contributed by atoms with Gasteiger partial charge in [0.1, 0.15) is 0 Å². The molecule has 0 radical (unpaired) electrons. The number of likely N-dealkylation sites (tertiary alicyclic amines) is 1. The largest absolute Gasteiger partial charge is 0.340 e. The SMILES string of the molecule is CN(Cc1cccs1)C(=O)CN1CCC(N)C(C)(C)C1. The Labute approximate surface area is 125 Å². The van der Waals surface area contributed by atoms with E-state index in [1.165, 1.54) is 4.88 Å². The van der Waals surface area contributed by atoms with E-state index in [-0.39, 0.29) is 17.4 Å². The molecule has 0 aliphatic carbocycles. The van der Waals surface area contributed by atoms with Crippen LogP contribution in [-0.2, 0) is 11.3 Å². The zero-order valence-corrected chi connectivity index (χ0v) is 13.4. The number of carbonyl (C=O) groups is 1. The Bertz CT molecular complexity index is 444. The van der Waals surface area contributed by atoms with Gasteiger partial charge in [-0.05, 0) is 23.3 Å². The monoisotopic (exact) mass is 295 g/mol. The van der Waals surface area contributed by atoms with Crippen LogP contribution in [0.3, 0.4) is 0 Å². The summed E-state index contributed by atoms with van der Waals surface area (Å²) < 4.78 is 0. The van der Waals surface area contributed by atoms with Gasteiger partial charge < -0.3 is 10.6 Å². The van der Waals surface area contributed by atoms with Crippen LogP contribution in [0.15, 0.2) is 17.5 Å². The maximum Gasteiger partial charge on any atom is 0.236 e. The Morgan fingerprint density at radius 2 is 2.35 bits per heavy atom. The smallest absolute Gasteiger partial charge is 0.236 e. The Morgan fingerprint density at radius 3 is 2.95 bits per heavy atom. The van der Waals surface area contributed by atoms with Crippen molar-refractivity contribution in [3.05, 3.63) is 22.4 Å². The van der Waals surface area contributed by atoms with E-state index in [2.05, 4.69) is 24.8 Å². The summed E-state index contributed by atoms with van der Waals surface area (Å²) in [5.74, 6) is 0.185. The van der Waals surface area contributed by atoms with E-state index in [9.17, 15) is 4.79 Å². The molecule has 1 saturated heterocycles. The zero-order chi connectivity index (χ0) is 14.8. The van der Waals surface area contributed by atoms with Crippen molar-refractivity contribution >= 4 is 17.2 Å². The third-order valence-electron chi connectivity index (χ3n) is 4.15. The van der Waals surface area contributed by atoms with Gasteiger partial charge in [0.05, 0.1) is 13.1 Å². The number of carbonyl (C=O) groups excluding carboxylic acids is 1. The highest BCUT2D eigenvalue weighted by molar-refractivity contribution is 7.09. The molecule has 20 heavy (non-hydrogen) atoms. The molecule has 1 unspecified atom stereocenters. The summed E-state index contributed by atoms with van der Waals surface area (Å²) >= 11 is 1.69. The summed E-state index contributed by atoms with van der Waals surface area (Å²) in [6.07, 6.45) is 0.967. The molecule has 2 heterocycles. The predicted octanol–water partition coefficient (Wildman–Crippen LogP) is 1.77. The molecular weight excluding hydrogens is 270 g/mol. The van der Waals surface area contributed by atoms with Crippen molar-refractivity contribution in [3.8, 4) is 0 Å². The molecule has 0 saturated carbocycles. The van der Waals surface area contributed by atoms with Gasteiger partial charge in [0.15, 0.2) is 0 Å². The van der Waals surface area contributed by atoms with Gasteiger partial charge in [-0.2, -0.15) is 0 Å². The summed E-state index contributed by atoms with van der Waals surface area (Å²) in [5.41, 5.74) is 6.22. The zero-order valence-electron chi connectivity index (χ0n) is 12.6. The summed E-state index contributed by atoms with van der Waals surface area (Å²) in [6.45, 7) is 7.38. The van der Waals surface area contributed by atoms with E-state index in [1.807, 2.05) is 23.4 Å². The molecule has 1 amide bonds. The number of nitrogens with two attached hydrogens (primary N) is 1. The minimum Gasteiger partial charge on any atom is -0.340 e. The first kappa shape index (κ1) is 15.5. The lowest BCUT2D eigenvalue weighted by atomic mass is 9.80. The van der Waals surface area contributed by atoms with Gasteiger partial charge in [0, 0.05) is 31.1 Å². The number of hydrogen-bond acceptors (Lipinski definition) is 4. The van der Waals surface area contributed by atoms with Crippen LogP contribution in [0.25, 0.3) is 0 Å². The van der Waals surface area contributed by atoms with Crippen molar-refractivity contribution in [1.29, 1.82) is 0 Å². The third kappa shape index (κ3) is 3.81. The molecule has 0 aromatic carbocycles. The second-order valence-corrected chi connectivity index (χ2v) is 7.46. The van der Waals surface area contributed by atoms with Crippen molar-refractivity contribution in [2.24, 2.45) is 11.1 Å². The molecule has 5 heteroatoms. The van der Waals surface area contributed by atoms with Crippen molar-refractivity contribution in [1.82, 2.24) is 9.80 Å². The van der Waals surface area contributed by atoms with E-state index < -0.39 is 0 Å². The third-order valence-corrected chi connectivity index (χ3v) is 5.01.